The van der Waals surface area contributed by atoms with Crippen molar-refractivity contribution in [2.24, 2.45) is 0 Å². The molecule has 38 heavy (non-hydrogen) atoms. The van der Waals surface area contributed by atoms with Gasteiger partial charge in [0.1, 0.15) is 5.75 Å². The third kappa shape index (κ3) is 6.25. The summed E-state index contributed by atoms with van der Waals surface area (Å²) in [7, 11) is -2.23. The fraction of sp³-hybridized carbons (Fsp3) is 0.370. The quantitative estimate of drug-likeness (QED) is 0.393. The number of benzene rings is 2. The molecule has 3 aromatic rings. The maximum Gasteiger partial charge on any atom is 0.243 e. The molecule has 4 rings (SSSR count). The Morgan fingerprint density at radius 2 is 1.76 bits per heavy atom. The maximum absolute atomic E-state index is 13.3. The van der Waals surface area contributed by atoms with Gasteiger partial charge in [-0.3, -0.25) is 4.79 Å². The lowest BCUT2D eigenvalue weighted by Crippen LogP contribution is -2.53. The highest BCUT2D eigenvalue weighted by atomic mass is 35.5. The van der Waals surface area contributed by atoms with Crippen LogP contribution in [0.3, 0.4) is 0 Å². The van der Waals surface area contributed by atoms with Gasteiger partial charge in [0.15, 0.2) is 5.82 Å². The van der Waals surface area contributed by atoms with Gasteiger partial charge in [-0.1, -0.05) is 30.7 Å². The number of sulfonamides is 1. The Labute approximate surface area is 229 Å². The number of aromatic nitrogens is 2. The van der Waals surface area contributed by atoms with Crippen LogP contribution < -0.4 is 9.64 Å². The van der Waals surface area contributed by atoms with E-state index in [2.05, 4.69) is 15.1 Å². The summed E-state index contributed by atoms with van der Waals surface area (Å²) in [6.07, 6.45) is 0.582. The first-order valence-electron chi connectivity index (χ1n) is 12.5. The molecule has 1 unspecified atom stereocenters. The minimum atomic E-state index is -3.86. The number of carbonyl (C=O) groups is 1. The van der Waals surface area contributed by atoms with E-state index in [0.717, 1.165) is 22.8 Å². The lowest BCUT2D eigenvalue weighted by molar-refractivity contribution is -0.132. The number of piperazine rings is 1. The molecule has 0 bridgehead atoms. The molecule has 0 saturated carbocycles. The van der Waals surface area contributed by atoms with Gasteiger partial charge in [-0.15, -0.1) is 10.2 Å². The largest absolute Gasteiger partial charge is 0.497 e. The first-order chi connectivity index (χ1) is 18.2. The zero-order valence-corrected chi connectivity index (χ0v) is 23.3. The molecular formula is C27H32ClN5O4S. The molecule has 1 aliphatic rings. The summed E-state index contributed by atoms with van der Waals surface area (Å²) < 4.78 is 33.3. The fourth-order valence-corrected chi connectivity index (χ4v) is 6.05. The summed E-state index contributed by atoms with van der Waals surface area (Å²) in [5.74, 6) is 1.26. The van der Waals surface area contributed by atoms with Crippen LogP contribution in [0.15, 0.2) is 65.6 Å². The minimum absolute atomic E-state index is 0.121. The van der Waals surface area contributed by atoms with Crippen LogP contribution in [0.25, 0.3) is 11.3 Å². The van der Waals surface area contributed by atoms with Crippen molar-refractivity contribution in [1.82, 2.24) is 19.4 Å². The van der Waals surface area contributed by atoms with Crippen LogP contribution in [0.1, 0.15) is 20.3 Å². The van der Waals surface area contributed by atoms with E-state index in [1.54, 1.807) is 12.0 Å². The molecule has 0 spiro atoms. The lowest BCUT2D eigenvalue weighted by atomic mass is 10.1. The normalized spacial score (nSPS) is 15.0. The third-order valence-corrected chi connectivity index (χ3v) is 8.99. The van der Waals surface area contributed by atoms with E-state index in [-0.39, 0.29) is 23.4 Å². The van der Waals surface area contributed by atoms with Crippen LogP contribution >= 0.6 is 11.6 Å². The van der Waals surface area contributed by atoms with E-state index in [4.69, 9.17) is 16.3 Å². The van der Waals surface area contributed by atoms with E-state index in [1.165, 1.54) is 28.6 Å². The van der Waals surface area contributed by atoms with Crippen molar-refractivity contribution < 1.29 is 17.9 Å². The Bertz CT molecular complexity index is 1340. The van der Waals surface area contributed by atoms with E-state index in [1.807, 2.05) is 50.2 Å². The monoisotopic (exact) mass is 557 g/mol. The van der Waals surface area contributed by atoms with Crippen LogP contribution in [-0.2, 0) is 14.8 Å². The fourth-order valence-electron chi connectivity index (χ4n) is 4.27. The predicted octanol–water partition coefficient (Wildman–Crippen LogP) is 3.94. The van der Waals surface area contributed by atoms with Crippen LogP contribution in [0.5, 0.6) is 5.75 Å². The molecule has 1 fully saturated rings. The summed E-state index contributed by atoms with van der Waals surface area (Å²) >= 11 is 5.93. The molecule has 1 atom stereocenters. The van der Waals surface area contributed by atoms with Crippen LogP contribution in [0, 0.1) is 0 Å². The Hall–Kier alpha value is -3.21. The van der Waals surface area contributed by atoms with Gasteiger partial charge in [0.05, 0.1) is 24.2 Å². The van der Waals surface area contributed by atoms with Gasteiger partial charge in [0.25, 0.3) is 0 Å². The third-order valence-electron chi connectivity index (χ3n) is 6.77. The summed E-state index contributed by atoms with van der Waals surface area (Å²) in [5.41, 5.74) is 1.66. The number of methoxy groups -OCH3 is 1. The number of ether oxygens (including phenoxy) is 1. The topological polar surface area (TPSA) is 95.9 Å². The molecule has 11 heteroatoms. The van der Waals surface area contributed by atoms with Crippen molar-refractivity contribution in [3.05, 3.63) is 65.7 Å². The highest BCUT2D eigenvalue weighted by molar-refractivity contribution is 7.89. The van der Waals surface area contributed by atoms with E-state index in [9.17, 15) is 13.2 Å². The lowest BCUT2D eigenvalue weighted by Gasteiger charge is -2.36. The number of hydrogen-bond donors (Lipinski definition) is 0. The highest BCUT2D eigenvalue weighted by Crippen LogP contribution is 2.24. The van der Waals surface area contributed by atoms with Crippen molar-refractivity contribution >= 4 is 33.3 Å². The maximum atomic E-state index is 13.3. The zero-order chi connectivity index (χ0) is 27.3. The van der Waals surface area contributed by atoms with Gasteiger partial charge >= 0.3 is 0 Å². The van der Waals surface area contributed by atoms with Crippen molar-refractivity contribution in [3.8, 4) is 17.0 Å². The SMILES string of the molecule is CCC(C)N(CC(=O)N1CCN(c2ccc(-c3cccc(OC)c3)nn2)CC1)S(=O)(=O)c1ccc(Cl)cc1. The molecule has 1 aromatic heterocycles. The Morgan fingerprint density at radius 1 is 1.05 bits per heavy atom. The number of amides is 1. The van der Waals surface area contributed by atoms with Crippen molar-refractivity contribution in [2.75, 3.05) is 44.7 Å². The molecular weight excluding hydrogens is 526 g/mol. The number of nitrogens with zero attached hydrogens (tertiary/aromatic N) is 5. The smallest absolute Gasteiger partial charge is 0.243 e. The molecule has 1 aliphatic heterocycles. The van der Waals surface area contributed by atoms with Crippen LogP contribution in [0.2, 0.25) is 5.02 Å². The van der Waals surface area contributed by atoms with Gasteiger partial charge < -0.3 is 14.5 Å². The molecule has 202 valence electrons. The number of halogens is 1. The Kier molecular flexibility index (Phi) is 8.86. The average Bonchev–Trinajstić information content (AvgIpc) is 2.95. The molecule has 1 amide bonds. The number of carbonyl (C=O) groups excluding carboxylic acids is 1. The average molecular weight is 558 g/mol. The van der Waals surface area contributed by atoms with Crippen LogP contribution in [-0.4, -0.2) is 79.6 Å². The first-order valence-corrected chi connectivity index (χ1v) is 14.3. The number of rotatable bonds is 9. The second-order valence-corrected chi connectivity index (χ2v) is 11.5. The van der Waals surface area contributed by atoms with E-state index >= 15 is 0 Å². The summed E-state index contributed by atoms with van der Waals surface area (Å²) in [6, 6.07) is 17.2. The Morgan fingerprint density at radius 3 is 2.37 bits per heavy atom. The Balaban J connectivity index is 1.39. The van der Waals surface area contributed by atoms with E-state index < -0.39 is 10.0 Å². The number of hydrogen-bond acceptors (Lipinski definition) is 7. The van der Waals surface area contributed by atoms with Gasteiger partial charge in [-0.2, -0.15) is 4.31 Å². The zero-order valence-electron chi connectivity index (χ0n) is 21.7. The first kappa shape index (κ1) is 27.8. The standard InChI is InChI=1S/C27H32ClN5O4S/c1-4-20(2)33(38(35,36)24-10-8-22(28)9-11-24)19-27(34)32-16-14-31(15-17-32)26-13-12-25(29-30-26)21-6-5-7-23(18-21)37-3/h5-13,18,20H,4,14-17,19H2,1-3H3. The summed E-state index contributed by atoms with van der Waals surface area (Å²) in [4.78, 5) is 17.1. The summed E-state index contributed by atoms with van der Waals surface area (Å²) in [5, 5.41) is 9.22. The predicted molar refractivity (Wildman–Crippen MR) is 148 cm³/mol. The molecule has 9 nitrogen and oxygen atoms in total. The molecule has 2 heterocycles. The highest BCUT2D eigenvalue weighted by Gasteiger charge is 2.32. The van der Waals surface area contributed by atoms with Gasteiger partial charge in [0, 0.05) is 42.8 Å². The van der Waals surface area contributed by atoms with Crippen molar-refractivity contribution in [3.63, 3.8) is 0 Å². The van der Waals surface area contributed by atoms with Crippen molar-refractivity contribution in [1.29, 1.82) is 0 Å². The molecule has 0 aliphatic carbocycles. The van der Waals surface area contributed by atoms with Gasteiger partial charge in [0.2, 0.25) is 15.9 Å². The van der Waals surface area contributed by atoms with Crippen molar-refractivity contribution in [2.45, 2.75) is 31.2 Å². The molecule has 0 N–H and O–H groups in total. The molecule has 0 radical (unpaired) electrons. The minimum Gasteiger partial charge on any atom is -0.497 e. The van der Waals surface area contributed by atoms with Gasteiger partial charge in [-0.05, 0) is 61.9 Å². The summed E-state index contributed by atoms with van der Waals surface area (Å²) in [6.45, 7) is 5.58. The second kappa shape index (κ2) is 12.1. The van der Waals surface area contributed by atoms with Gasteiger partial charge in [-0.25, -0.2) is 8.42 Å². The molecule has 2 aromatic carbocycles. The molecule has 1 saturated heterocycles. The van der Waals surface area contributed by atoms with Crippen LogP contribution in [0.4, 0.5) is 5.82 Å². The van der Waals surface area contributed by atoms with E-state index in [0.29, 0.717) is 37.6 Å². The number of anilines is 1. The second-order valence-electron chi connectivity index (χ2n) is 9.14.